The third kappa shape index (κ3) is 9.85. The molecule has 0 unspecified atom stereocenters. The van der Waals surface area contributed by atoms with Gasteiger partial charge in [0.1, 0.15) is 30.5 Å². The van der Waals surface area contributed by atoms with Crippen LogP contribution in [0.4, 0.5) is 0 Å². The molecule has 3 rings (SSSR count). The number of imide groups is 1. The van der Waals surface area contributed by atoms with E-state index < -0.39 is 85.4 Å². The van der Waals surface area contributed by atoms with Gasteiger partial charge in [0.05, 0.1) is 31.5 Å². The van der Waals surface area contributed by atoms with E-state index >= 15 is 0 Å². The number of nitrogens with zero attached hydrogens (tertiary/aromatic N) is 2. The van der Waals surface area contributed by atoms with Gasteiger partial charge in [0.25, 0.3) is 11.8 Å². The first-order valence-corrected chi connectivity index (χ1v) is 15.7. The predicted octanol–water partition coefficient (Wildman–Crippen LogP) is -1.41. The summed E-state index contributed by atoms with van der Waals surface area (Å²) in [7, 11) is 0. The van der Waals surface area contributed by atoms with Crippen molar-refractivity contribution in [2.24, 2.45) is 5.92 Å². The third-order valence-electron chi connectivity index (χ3n) is 8.64. The lowest BCUT2D eigenvalue weighted by Crippen LogP contribution is -2.56. The van der Waals surface area contributed by atoms with Gasteiger partial charge in [0.15, 0.2) is 6.29 Å². The van der Waals surface area contributed by atoms with Gasteiger partial charge in [-0.15, -0.1) is 5.06 Å². The molecule has 0 saturated carbocycles. The highest BCUT2D eigenvalue weighted by Crippen LogP contribution is 2.29. The standard InChI is InChI=1S/C29H50N2O13/c1-3-18-25(37)27(39)20(16-32)43-29(18)41-15-14-30(13-7-8-19-26(38)28(40)24(36)17(2)42-19)12-6-4-5-9-23(35)44-31-21(33)10-11-22(31)34/h17-20,24-29,32,36-40H,3-16H2,1-2H3/t17-,18+,19-,20+,24+,25+,26+,27+,28+,29+/m0/s1. The molecule has 3 heterocycles. The average molecular weight is 635 g/mol. The Labute approximate surface area is 257 Å². The van der Waals surface area contributed by atoms with Crippen LogP contribution >= 0.6 is 0 Å². The Morgan fingerprint density at radius 1 is 0.864 bits per heavy atom. The number of hydrogen-bond acceptors (Lipinski definition) is 14. The molecule has 44 heavy (non-hydrogen) atoms. The van der Waals surface area contributed by atoms with E-state index in [1.165, 1.54) is 0 Å². The maximum Gasteiger partial charge on any atom is 0.333 e. The molecular formula is C29H50N2O13. The number of ether oxygens (including phenoxy) is 3. The average Bonchev–Trinajstić information content (AvgIpc) is 3.31. The molecular weight excluding hydrogens is 584 g/mol. The van der Waals surface area contributed by atoms with Crippen molar-refractivity contribution >= 4 is 17.8 Å². The van der Waals surface area contributed by atoms with Gasteiger partial charge in [-0.1, -0.05) is 13.3 Å². The molecule has 15 heteroatoms. The summed E-state index contributed by atoms with van der Waals surface area (Å²) in [6.07, 6.45) is -5.43. The van der Waals surface area contributed by atoms with Crippen LogP contribution in [0.1, 0.15) is 71.6 Å². The van der Waals surface area contributed by atoms with Crippen LogP contribution in [-0.4, -0.2) is 146 Å². The van der Waals surface area contributed by atoms with Crippen molar-refractivity contribution in [3.8, 4) is 0 Å². The monoisotopic (exact) mass is 634 g/mol. The SMILES string of the molecule is CC[C@H]1[C@H](OCCN(CCCCCC(=O)ON2C(=O)CCC2=O)CCC[C@@H]2O[C@@H](C)[C@@H](O)[C@@H](O)[C@@H]2O)O[C@H](CO)[C@@H](O)[C@@H]1O. The predicted molar refractivity (Wildman–Crippen MR) is 151 cm³/mol. The molecule has 0 aromatic rings. The fourth-order valence-electron chi connectivity index (χ4n) is 5.85. The first kappa shape index (κ1) is 36.7. The summed E-state index contributed by atoms with van der Waals surface area (Å²) in [6.45, 7) is 4.97. The third-order valence-corrected chi connectivity index (χ3v) is 8.64. The topological polar surface area (TPSA) is 216 Å². The van der Waals surface area contributed by atoms with Crippen molar-refractivity contribution in [2.45, 2.75) is 127 Å². The molecule has 0 aliphatic carbocycles. The lowest BCUT2D eigenvalue weighted by atomic mass is 9.89. The van der Waals surface area contributed by atoms with Crippen molar-refractivity contribution < 1.29 is 64.1 Å². The number of unbranched alkanes of at least 4 members (excludes halogenated alkanes) is 2. The minimum atomic E-state index is -1.29. The van der Waals surface area contributed by atoms with Gasteiger partial charge in [-0.2, -0.15) is 0 Å². The van der Waals surface area contributed by atoms with E-state index in [4.69, 9.17) is 19.0 Å². The second kappa shape index (κ2) is 17.8. The number of hydroxylamine groups is 2. The molecule has 3 aliphatic rings. The minimum absolute atomic E-state index is 0.0373. The summed E-state index contributed by atoms with van der Waals surface area (Å²) >= 11 is 0. The van der Waals surface area contributed by atoms with Gasteiger partial charge >= 0.3 is 5.97 Å². The van der Waals surface area contributed by atoms with Gasteiger partial charge in [-0.3, -0.25) is 9.59 Å². The Morgan fingerprint density at radius 2 is 1.52 bits per heavy atom. The van der Waals surface area contributed by atoms with Gasteiger partial charge < -0.3 is 54.6 Å². The van der Waals surface area contributed by atoms with Gasteiger partial charge in [-0.25, -0.2) is 4.79 Å². The number of carbonyl (C=O) groups excluding carboxylic acids is 3. The van der Waals surface area contributed by atoms with Crippen molar-refractivity contribution in [3.05, 3.63) is 0 Å². The molecule has 2 amide bonds. The molecule has 0 radical (unpaired) electrons. The molecule has 254 valence electrons. The Hall–Kier alpha value is -1.79. The van der Waals surface area contributed by atoms with Crippen molar-refractivity contribution in [1.82, 2.24) is 9.96 Å². The fraction of sp³-hybridized carbons (Fsp3) is 0.897. The van der Waals surface area contributed by atoms with Crippen molar-refractivity contribution in [3.63, 3.8) is 0 Å². The normalized spacial score (nSPS) is 34.6. The Kier molecular flexibility index (Phi) is 14.8. The molecule has 10 atom stereocenters. The Bertz CT molecular complexity index is 910. The number of amides is 2. The summed E-state index contributed by atoms with van der Waals surface area (Å²) in [5.74, 6) is -2.15. The highest BCUT2D eigenvalue weighted by atomic mass is 16.7. The number of carbonyl (C=O) groups is 3. The van der Waals surface area contributed by atoms with E-state index in [0.717, 1.165) is 0 Å². The summed E-state index contributed by atoms with van der Waals surface area (Å²) in [4.78, 5) is 42.4. The largest absolute Gasteiger partial charge is 0.394 e. The van der Waals surface area contributed by atoms with Crippen LogP contribution in [0.15, 0.2) is 0 Å². The van der Waals surface area contributed by atoms with Crippen LogP contribution in [0.3, 0.4) is 0 Å². The summed E-state index contributed by atoms with van der Waals surface area (Å²) in [5, 5.41) is 61.2. The lowest BCUT2D eigenvalue weighted by Gasteiger charge is -2.42. The Morgan fingerprint density at radius 3 is 2.18 bits per heavy atom. The van der Waals surface area contributed by atoms with Crippen LogP contribution in [0.2, 0.25) is 0 Å². The van der Waals surface area contributed by atoms with Crippen molar-refractivity contribution in [1.29, 1.82) is 0 Å². The molecule has 0 aromatic heterocycles. The second-order valence-corrected chi connectivity index (χ2v) is 11.8. The van der Waals surface area contributed by atoms with Crippen LogP contribution in [0.25, 0.3) is 0 Å². The quantitative estimate of drug-likeness (QED) is 0.0801. The van der Waals surface area contributed by atoms with E-state index in [1.54, 1.807) is 6.92 Å². The van der Waals surface area contributed by atoms with Crippen molar-refractivity contribution in [2.75, 3.05) is 32.8 Å². The maximum atomic E-state index is 12.1. The summed E-state index contributed by atoms with van der Waals surface area (Å²) in [5.41, 5.74) is 0. The van der Waals surface area contributed by atoms with E-state index in [9.17, 15) is 45.0 Å². The summed E-state index contributed by atoms with van der Waals surface area (Å²) < 4.78 is 17.4. The first-order chi connectivity index (χ1) is 21.0. The summed E-state index contributed by atoms with van der Waals surface area (Å²) in [6, 6.07) is 0. The van der Waals surface area contributed by atoms with Crippen LogP contribution in [-0.2, 0) is 33.4 Å². The minimum Gasteiger partial charge on any atom is -0.394 e. The molecule has 15 nitrogen and oxygen atoms in total. The molecule has 3 fully saturated rings. The zero-order valence-electron chi connectivity index (χ0n) is 25.6. The van der Waals surface area contributed by atoms with E-state index in [-0.39, 0.29) is 25.9 Å². The van der Waals surface area contributed by atoms with Crippen LogP contribution in [0, 0.1) is 5.92 Å². The Balaban J connectivity index is 1.48. The number of aliphatic hydroxyl groups excluding tert-OH is 6. The van der Waals surface area contributed by atoms with Gasteiger partial charge in [0.2, 0.25) is 0 Å². The van der Waals surface area contributed by atoms with E-state index in [0.29, 0.717) is 63.2 Å². The highest BCUT2D eigenvalue weighted by Gasteiger charge is 2.44. The van der Waals surface area contributed by atoms with Gasteiger partial charge in [0, 0.05) is 31.7 Å². The zero-order valence-corrected chi connectivity index (χ0v) is 25.6. The smallest absolute Gasteiger partial charge is 0.333 e. The molecule has 3 saturated heterocycles. The molecule has 0 bridgehead atoms. The van der Waals surface area contributed by atoms with E-state index in [2.05, 4.69) is 4.90 Å². The highest BCUT2D eigenvalue weighted by molar-refractivity contribution is 6.01. The molecule has 3 aliphatic heterocycles. The van der Waals surface area contributed by atoms with Gasteiger partial charge in [-0.05, 0) is 52.1 Å². The van der Waals surface area contributed by atoms with E-state index in [1.807, 2.05) is 6.92 Å². The maximum absolute atomic E-state index is 12.1. The number of hydrogen-bond donors (Lipinski definition) is 6. The fourth-order valence-corrected chi connectivity index (χ4v) is 5.85. The molecule has 6 N–H and O–H groups in total. The van der Waals surface area contributed by atoms with Crippen LogP contribution in [0.5, 0.6) is 0 Å². The lowest BCUT2D eigenvalue weighted by molar-refractivity contribution is -0.286. The molecule has 0 spiro atoms. The second-order valence-electron chi connectivity index (χ2n) is 11.8. The number of aliphatic hydroxyl groups is 6. The zero-order chi connectivity index (χ0) is 32.4. The van der Waals surface area contributed by atoms with Crippen LogP contribution < -0.4 is 0 Å². The number of rotatable bonds is 17. The molecule has 0 aromatic carbocycles. The first-order valence-electron chi connectivity index (χ1n) is 15.7.